The predicted molar refractivity (Wildman–Crippen MR) is 97.4 cm³/mol. The number of hydrogen-bond acceptors (Lipinski definition) is 4. The Hall–Kier alpha value is -1.17. The van der Waals surface area contributed by atoms with Gasteiger partial charge in [0.2, 0.25) is 0 Å². The van der Waals surface area contributed by atoms with E-state index in [-0.39, 0.29) is 5.91 Å². The Labute approximate surface area is 145 Å². The lowest BCUT2D eigenvalue weighted by atomic mass is 9.79. The second-order valence-electron chi connectivity index (χ2n) is 6.69. The fraction of sp³-hybridized carbons (Fsp3) is 0.500. The van der Waals surface area contributed by atoms with Crippen LogP contribution in [0.2, 0.25) is 0 Å². The molecule has 2 atom stereocenters. The van der Waals surface area contributed by atoms with Crippen LogP contribution < -0.4 is 5.32 Å². The number of nitrogens with one attached hydrogen (secondary N) is 1. The van der Waals surface area contributed by atoms with E-state index in [4.69, 9.17) is 0 Å². The predicted octanol–water partition coefficient (Wildman–Crippen LogP) is 4.00. The van der Waals surface area contributed by atoms with Crippen LogP contribution in [-0.4, -0.2) is 36.0 Å². The summed E-state index contributed by atoms with van der Waals surface area (Å²) in [4.78, 5) is 19.8. The number of piperidine rings is 3. The standard InChI is InChI=1S/C18H22N2OS2/c1-11-3-4-14(22-11)15-5-6-16(23-15)18(21)19-17-12(2)20-9-7-13(17)8-10-20/h3-6,12-13,17H,7-10H2,1-2H3,(H,19,21). The minimum atomic E-state index is 0.0973. The van der Waals surface area contributed by atoms with Gasteiger partial charge in [0, 0.05) is 26.7 Å². The van der Waals surface area contributed by atoms with Gasteiger partial charge in [0.15, 0.2) is 0 Å². The maximum atomic E-state index is 12.7. The van der Waals surface area contributed by atoms with Crippen molar-refractivity contribution < 1.29 is 4.79 Å². The van der Waals surface area contributed by atoms with E-state index >= 15 is 0 Å². The van der Waals surface area contributed by atoms with Gasteiger partial charge in [0.1, 0.15) is 0 Å². The monoisotopic (exact) mass is 346 g/mol. The largest absolute Gasteiger partial charge is 0.347 e. The number of rotatable bonds is 3. The van der Waals surface area contributed by atoms with Gasteiger partial charge in [0.05, 0.1) is 4.88 Å². The van der Waals surface area contributed by atoms with Crippen LogP contribution in [0.5, 0.6) is 0 Å². The summed E-state index contributed by atoms with van der Waals surface area (Å²) in [7, 11) is 0. The summed E-state index contributed by atoms with van der Waals surface area (Å²) in [5.74, 6) is 0.749. The SMILES string of the molecule is Cc1ccc(-c2ccc(C(=O)NC3C4CCN(CC4)C3C)s2)s1. The second kappa shape index (κ2) is 6.04. The van der Waals surface area contributed by atoms with E-state index in [1.165, 1.54) is 40.6 Å². The van der Waals surface area contributed by atoms with Crippen molar-refractivity contribution in [2.24, 2.45) is 5.92 Å². The smallest absolute Gasteiger partial charge is 0.261 e. The zero-order valence-corrected chi connectivity index (χ0v) is 15.2. The van der Waals surface area contributed by atoms with Crippen LogP contribution in [-0.2, 0) is 0 Å². The molecule has 23 heavy (non-hydrogen) atoms. The Balaban J connectivity index is 1.48. The number of carbonyl (C=O) groups is 1. The molecule has 3 aliphatic heterocycles. The highest BCUT2D eigenvalue weighted by atomic mass is 32.1. The minimum Gasteiger partial charge on any atom is -0.347 e. The summed E-state index contributed by atoms with van der Waals surface area (Å²) in [5.41, 5.74) is 0. The molecule has 1 amide bonds. The number of thiophene rings is 2. The third kappa shape index (κ3) is 2.86. The number of nitrogens with zero attached hydrogens (tertiary/aromatic N) is 1. The molecule has 3 fully saturated rings. The normalized spacial score (nSPS) is 29.7. The van der Waals surface area contributed by atoms with Crippen molar-refractivity contribution in [1.29, 1.82) is 0 Å². The highest BCUT2D eigenvalue weighted by Gasteiger charge is 2.40. The molecule has 3 nitrogen and oxygen atoms in total. The Bertz CT molecular complexity index is 710. The summed E-state index contributed by atoms with van der Waals surface area (Å²) in [6, 6.07) is 9.09. The van der Waals surface area contributed by atoms with Gasteiger partial charge in [-0.15, -0.1) is 22.7 Å². The summed E-state index contributed by atoms with van der Waals surface area (Å²) >= 11 is 3.39. The van der Waals surface area contributed by atoms with Crippen molar-refractivity contribution >= 4 is 28.6 Å². The van der Waals surface area contributed by atoms with Crippen LogP contribution in [0.15, 0.2) is 24.3 Å². The van der Waals surface area contributed by atoms with Gasteiger partial charge in [-0.05, 0) is 70.0 Å². The highest BCUT2D eigenvalue weighted by molar-refractivity contribution is 7.23. The minimum absolute atomic E-state index is 0.0973. The summed E-state index contributed by atoms with van der Waals surface area (Å²) in [6.45, 7) is 6.76. The molecule has 2 unspecified atom stereocenters. The van der Waals surface area contributed by atoms with Gasteiger partial charge in [-0.3, -0.25) is 9.69 Å². The van der Waals surface area contributed by atoms with Crippen LogP contribution in [0.25, 0.3) is 9.75 Å². The van der Waals surface area contributed by atoms with Crippen molar-refractivity contribution in [2.75, 3.05) is 13.1 Å². The first-order valence-electron chi connectivity index (χ1n) is 8.33. The lowest BCUT2D eigenvalue weighted by Gasteiger charge is -2.49. The molecule has 2 aromatic rings. The van der Waals surface area contributed by atoms with E-state index in [1.807, 2.05) is 6.07 Å². The van der Waals surface area contributed by atoms with Crippen LogP contribution >= 0.6 is 22.7 Å². The number of amides is 1. The fourth-order valence-electron chi connectivity index (χ4n) is 3.93. The van der Waals surface area contributed by atoms with Crippen molar-refractivity contribution in [2.45, 2.75) is 38.8 Å². The lowest BCUT2D eigenvalue weighted by molar-refractivity contribution is 0.0218. The highest BCUT2D eigenvalue weighted by Crippen LogP contribution is 2.35. The summed E-state index contributed by atoms with van der Waals surface area (Å²) in [5, 5.41) is 3.32. The molecule has 1 N–H and O–H groups in total. The summed E-state index contributed by atoms with van der Waals surface area (Å²) < 4.78 is 0. The zero-order chi connectivity index (χ0) is 16.0. The molecule has 0 aromatic carbocycles. The van der Waals surface area contributed by atoms with Crippen LogP contribution in [0.4, 0.5) is 0 Å². The van der Waals surface area contributed by atoms with Crippen molar-refractivity contribution in [3.05, 3.63) is 34.0 Å². The van der Waals surface area contributed by atoms with Crippen LogP contribution in [0, 0.1) is 12.8 Å². The third-order valence-corrected chi connectivity index (χ3v) is 7.57. The van der Waals surface area contributed by atoms with Crippen molar-refractivity contribution in [3.8, 4) is 9.75 Å². The number of aryl methyl sites for hydroxylation is 1. The summed E-state index contributed by atoms with van der Waals surface area (Å²) in [6.07, 6.45) is 2.44. The topological polar surface area (TPSA) is 32.3 Å². The average molecular weight is 347 g/mol. The molecule has 2 bridgehead atoms. The van der Waals surface area contributed by atoms with Gasteiger partial charge < -0.3 is 5.32 Å². The Morgan fingerprint density at radius 3 is 2.48 bits per heavy atom. The van der Waals surface area contributed by atoms with Crippen LogP contribution in [0.1, 0.15) is 34.3 Å². The van der Waals surface area contributed by atoms with Gasteiger partial charge in [-0.25, -0.2) is 0 Å². The van der Waals surface area contributed by atoms with Crippen molar-refractivity contribution in [3.63, 3.8) is 0 Å². The number of fused-ring (bicyclic) bond motifs is 3. The quantitative estimate of drug-likeness (QED) is 0.911. The fourth-order valence-corrected chi connectivity index (χ4v) is 5.79. The Morgan fingerprint density at radius 1 is 1.13 bits per heavy atom. The molecule has 5 heteroatoms. The molecule has 3 aliphatic rings. The van der Waals surface area contributed by atoms with E-state index in [2.05, 4.69) is 42.3 Å². The van der Waals surface area contributed by atoms with Crippen molar-refractivity contribution in [1.82, 2.24) is 10.2 Å². The molecule has 0 aliphatic carbocycles. The van der Waals surface area contributed by atoms with Gasteiger partial charge in [-0.1, -0.05) is 0 Å². The molecular weight excluding hydrogens is 324 g/mol. The van der Waals surface area contributed by atoms with Gasteiger partial charge in [-0.2, -0.15) is 0 Å². The van der Waals surface area contributed by atoms with Crippen LogP contribution in [0.3, 0.4) is 0 Å². The Morgan fingerprint density at radius 2 is 1.83 bits per heavy atom. The van der Waals surface area contributed by atoms with Gasteiger partial charge >= 0.3 is 0 Å². The third-order valence-electron chi connectivity index (χ3n) is 5.29. The molecule has 0 radical (unpaired) electrons. The lowest BCUT2D eigenvalue weighted by Crippen LogP contribution is -2.62. The number of hydrogen-bond donors (Lipinski definition) is 1. The first-order chi connectivity index (χ1) is 11.1. The molecule has 122 valence electrons. The van der Waals surface area contributed by atoms with E-state index in [0.29, 0.717) is 18.0 Å². The zero-order valence-electron chi connectivity index (χ0n) is 13.5. The molecule has 0 spiro atoms. The first kappa shape index (κ1) is 15.4. The average Bonchev–Trinajstić information content (AvgIpc) is 3.20. The first-order valence-corrected chi connectivity index (χ1v) is 9.96. The Kier molecular flexibility index (Phi) is 4.03. The molecule has 0 saturated carbocycles. The van der Waals surface area contributed by atoms with E-state index < -0.39 is 0 Å². The van der Waals surface area contributed by atoms with E-state index in [0.717, 1.165) is 4.88 Å². The number of carbonyl (C=O) groups excluding carboxylic acids is 1. The maximum Gasteiger partial charge on any atom is 0.261 e. The second-order valence-corrected chi connectivity index (χ2v) is 9.06. The molecule has 2 aromatic heterocycles. The molecule has 5 heterocycles. The molecule has 5 rings (SSSR count). The van der Waals surface area contributed by atoms with Gasteiger partial charge in [0.25, 0.3) is 5.91 Å². The molecule has 3 saturated heterocycles. The molecular formula is C18H22N2OS2. The van der Waals surface area contributed by atoms with E-state index in [1.54, 1.807) is 22.7 Å². The maximum absolute atomic E-state index is 12.7. The van der Waals surface area contributed by atoms with E-state index in [9.17, 15) is 4.79 Å².